The highest BCUT2D eigenvalue weighted by molar-refractivity contribution is 5.70. The Kier molecular flexibility index (Phi) is 70.2. The molecule has 1 atom stereocenters. The molecule has 0 aliphatic heterocycles. The van der Waals surface area contributed by atoms with Gasteiger partial charge in [-0.1, -0.05) is 418 Å². The van der Waals surface area contributed by atoms with Crippen molar-refractivity contribution < 1.29 is 24.2 Å². The van der Waals surface area contributed by atoms with Crippen LogP contribution in [0.15, 0.2) is 0 Å². The van der Waals surface area contributed by atoms with E-state index in [0.717, 1.165) is 32.1 Å². The number of aliphatic hydroxyl groups excluding tert-OH is 1. The summed E-state index contributed by atoms with van der Waals surface area (Å²) in [6, 6.07) is 0. The van der Waals surface area contributed by atoms with Crippen LogP contribution in [0.5, 0.6) is 0 Å². The van der Waals surface area contributed by atoms with Crippen LogP contribution in [0.2, 0.25) is 0 Å². The Morgan fingerprint density at radius 2 is 0.392 bits per heavy atom. The fourth-order valence-electron chi connectivity index (χ4n) is 12.1. The van der Waals surface area contributed by atoms with E-state index in [1.165, 1.54) is 385 Å². The lowest BCUT2D eigenvalue weighted by Crippen LogP contribution is -2.28. The number of ether oxygens (including phenoxy) is 2. The molecule has 472 valence electrons. The van der Waals surface area contributed by atoms with Crippen LogP contribution in [0.25, 0.3) is 0 Å². The van der Waals surface area contributed by atoms with Crippen LogP contribution < -0.4 is 0 Å². The molecular weight excluding hydrogens is 969 g/mol. The van der Waals surface area contributed by atoms with Crippen molar-refractivity contribution in [2.24, 2.45) is 0 Å². The number of carbonyl (C=O) groups is 2. The molecule has 0 saturated carbocycles. The molecule has 0 spiro atoms. The summed E-state index contributed by atoms with van der Waals surface area (Å²) >= 11 is 0. The molecule has 0 radical (unpaired) electrons. The average molecular weight is 1120 g/mol. The van der Waals surface area contributed by atoms with Gasteiger partial charge in [0.15, 0.2) is 6.10 Å². The fraction of sp³-hybridized carbons (Fsp3) is 0.973. The number of carbonyl (C=O) groups excluding carboxylic acids is 2. The maximum Gasteiger partial charge on any atom is 0.306 e. The lowest BCUT2D eigenvalue weighted by atomic mass is 10.0. The predicted molar refractivity (Wildman–Crippen MR) is 349 cm³/mol. The highest BCUT2D eigenvalue weighted by Gasteiger charge is 2.16. The van der Waals surface area contributed by atoms with Gasteiger partial charge >= 0.3 is 11.9 Å². The van der Waals surface area contributed by atoms with Gasteiger partial charge in [0.25, 0.3) is 0 Å². The first-order valence-electron chi connectivity index (χ1n) is 37.1. The lowest BCUT2D eigenvalue weighted by Gasteiger charge is -2.15. The summed E-state index contributed by atoms with van der Waals surface area (Å²) in [5.41, 5.74) is 0. The quantitative estimate of drug-likeness (QED) is 0.0485. The van der Waals surface area contributed by atoms with E-state index in [1.54, 1.807) is 0 Å². The SMILES string of the molecule is CCCCCCCCCCCCCCCCCCCCCCCCCCCCCCCCCCCC(=O)OC(CO)COC(=O)CCCCCCCCCCCCCCCCCCCCCCCCCCCCCCCCCC. The standard InChI is InChI=1S/C74H146O5/c1-3-5-7-9-11-13-15-17-19-21-23-25-27-29-31-33-35-37-39-41-43-45-47-49-51-53-55-57-59-61-63-65-67-69-74(77)79-72(70-75)71-78-73(76)68-66-64-62-60-58-56-54-52-50-48-46-44-42-40-38-36-34-32-30-28-26-24-22-20-18-16-14-12-10-8-6-4-2/h72,75H,3-71H2,1-2H3. The van der Waals surface area contributed by atoms with Gasteiger partial charge in [0.1, 0.15) is 6.61 Å². The molecule has 79 heavy (non-hydrogen) atoms. The molecule has 0 fully saturated rings. The number of rotatable bonds is 71. The van der Waals surface area contributed by atoms with Gasteiger partial charge in [-0.05, 0) is 12.8 Å². The summed E-state index contributed by atoms with van der Waals surface area (Å²) in [5, 5.41) is 9.71. The first-order chi connectivity index (χ1) is 39.1. The highest BCUT2D eigenvalue weighted by Crippen LogP contribution is 2.20. The Bertz CT molecular complexity index is 1120. The molecule has 0 saturated heterocycles. The first-order valence-corrected chi connectivity index (χ1v) is 37.1. The molecule has 0 aliphatic carbocycles. The molecule has 0 amide bonds. The zero-order valence-corrected chi connectivity index (χ0v) is 54.4. The minimum Gasteiger partial charge on any atom is -0.462 e. The van der Waals surface area contributed by atoms with Crippen LogP contribution in [-0.2, 0) is 19.1 Å². The van der Waals surface area contributed by atoms with Gasteiger partial charge in [0.05, 0.1) is 6.61 Å². The number of hydrogen-bond donors (Lipinski definition) is 1. The zero-order valence-electron chi connectivity index (χ0n) is 54.4. The second-order valence-corrected chi connectivity index (χ2v) is 25.8. The summed E-state index contributed by atoms with van der Waals surface area (Å²) in [6.07, 6.45) is 90.3. The molecule has 1 unspecified atom stereocenters. The van der Waals surface area contributed by atoms with Gasteiger partial charge in [-0.25, -0.2) is 0 Å². The summed E-state index contributed by atoms with van der Waals surface area (Å²) in [4.78, 5) is 24.7. The third kappa shape index (κ3) is 69.3. The number of hydrogen-bond acceptors (Lipinski definition) is 5. The van der Waals surface area contributed by atoms with E-state index in [9.17, 15) is 14.7 Å². The van der Waals surface area contributed by atoms with Crippen LogP contribution >= 0.6 is 0 Å². The maximum atomic E-state index is 12.4. The normalized spacial score (nSPS) is 12.0. The molecule has 0 heterocycles. The lowest BCUT2D eigenvalue weighted by molar-refractivity contribution is -0.161. The van der Waals surface area contributed by atoms with Gasteiger partial charge in [-0.2, -0.15) is 0 Å². The Labute approximate surface area is 497 Å². The molecule has 0 aliphatic rings. The average Bonchev–Trinajstić information content (AvgIpc) is 3.45. The summed E-state index contributed by atoms with van der Waals surface area (Å²) in [6.45, 7) is 4.23. The third-order valence-corrected chi connectivity index (χ3v) is 17.7. The summed E-state index contributed by atoms with van der Waals surface area (Å²) in [7, 11) is 0. The van der Waals surface area contributed by atoms with Crippen LogP contribution in [0.4, 0.5) is 0 Å². The van der Waals surface area contributed by atoms with Gasteiger partial charge < -0.3 is 14.6 Å². The molecule has 0 rings (SSSR count). The minimum atomic E-state index is -0.766. The van der Waals surface area contributed by atoms with Crippen molar-refractivity contribution in [2.45, 2.75) is 450 Å². The van der Waals surface area contributed by atoms with Gasteiger partial charge in [-0.3, -0.25) is 9.59 Å². The zero-order chi connectivity index (χ0) is 56.9. The smallest absolute Gasteiger partial charge is 0.306 e. The maximum absolute atomic E-state index is 12.4. The third-order valence-electron chi connectivity index (χ3n) is 17.7. The van der Waals surface area contributed by atoms with Crippen molar-refractivity contribution in [1.82, 2.24) is 0 Å². The van der Waals surface area contributed by atoms with E-state index in [2.05, 4.69) is 13.8 Å². The van der Waals surface area contributed by atoms with Gasteiger partial charge in [0, 0.05) is 12.8 Å². The Hall–Kier alpha value is -1.10. The van der Waals surface area contributed by atoms with Crippen molar-refractivity contribution in [2.75, 3.05) is 13.2 Å². The highest BCUT2D eigenvalue weighted by atomic mass is 16.6. The van der Waals surface area contributed by atoms with Crippen molar-refractivity contribution in [3.05, 3.63) is 0 Å². The molecule has 1 N–H and O–H groups in total. The minimum absolute atomic E-state index is 0.0552. The van der Waals surface area contributed by atoms with Crippen LogP contribution in [-0.4, -0.2) is 36.4 Å². The summed E-state index contributed by atoms with van der Waals surface area (Å²) in [5.74, 6) is -0.557. The van der Waals surface area contributed by atoms with E-state index in [0.29, 0.717) is 12.8 Å². The molecule has 5 heteroatoms. The van der Waals surface area contributed by atoms with E-state index in [-0.39, 0.29) is 25.2 Å². The van der Waals surface area contributed by atoms with E-state index in [1.807, 2.05) is 0 Å². The Balaban J connectivity index is 3.34. The fourth-order valence-corrected chi connectivity index (χ4v) is 12.1. The topological polar surface area (TPSA) is 72.8 Å². The van der Waals surface area contributed by atoms with E-state index >= 15 is 0 Å². The monoisotopic (exact) mass is 1120 g/mol. The van der Waals surface area contributed by atoms with Gasteiger partial charge in [0.2, 0.25) is 0 Å². The van der Waals surface area contributed by atoms with Crippen LogP contribution in [0, 0.1) is 0 Å². The van der Waals surface area contributed by atoms with Crippen LogP contribution in [0.1, 0.15) is 444 Å². The first kappa shape index (κ1) is 77.9. The number of aliphatic hydroxyl groups is 1. The second kappa shape index (κ2) is 71.2. The largest absolute Gasteiger partial charge is 0.462 e. The van der Waals surface area contributed by atoms with Gasteiger partial charge in [-0.15, -0.1) is 0 Å². The molecule has 0 aromatic heterocycles. The molecule has 0 aromatic rings. The summed E-state index contributed by atoms with van der Waals surface area (Å²) < 4.78 is 10.8. The number of unbranched alkanes of at least 4 members (excludes halogenated alkanes) is 63. The molecular formula is C74H146O5. The van der Waals surface area contributed by atoms with Crippen LogP contribution in [0.3, 0.4) is 0 Å². The molecule has 0 bridgehead atoms. The Morgan fingerprint density at radius 1 is 0.241 bits per heavy atom. The van der Waals surface area contributed by atoms with Crippen molar-refractivity contribution in [3.63, 3.8) is 0 Å². The second-order valence-electron chi connectivity index (χ2n) is 25.8. The molecule has 5 nitrogen and oxygen atoms in total. The van der Waals surface area contributed by atoms with E-state index in [4.69, 9.17) is 9.47 Å². The Morgan fingerprint density at radius 3 is 0.557 bits per heavy atom. The van der Waals surface area contributed by atoms with E-state index < -0.39 is 6.10 Å². The molecule has 0 aromatic carbocycles. The van der Waals surface area contributed by atoms with Crippen molar-refractivity contribution in [1.29, 1.82) is 0 Å². The predicted octanol–water partition coefficient (Wildman–Crippen LogP) is 25.6. The number of esters is 2. The van der Waals surface area contributed by atoms with Crippen molar-refractivity contribution in [3.8, 4) is 0 Å². The van der Waals surface area contributed by atoms with Crippen molar-refractivity contribution >= 4 is 11.9 Å².